The van der Waals surface area contributed by atoms with Gasteiger partial charge in [0.05, 0.1) is 17.7 Å². The molecule has 0 aromatic heterocycles. The first-order valence-electron chi connectivity index (χ1n) is 9.25. The maximum absolute atomic E-state index is 12.6. The number of carbonyl (C=O) groups excluding carboxylic acids is 1. The lowest BCUT2D eigenvalue weighted by Gasteiger charge is -2.16. The maximum Gasteiger partial charge on any atom is 0.254 e. The molecule has 136 valence electrons. The third-order valence-corrected chi connectivity index (χ3v) is 4.66. The molecule has 1 heterocycles. The van der Waals surface area contributed by atoms with Crippen LogP contribution in [0.5, 0.6) is 0 Å². The summed E-state index contributed by atoms with van der Waals surface area (Å²) in [6.07, 6.45) is 2.19. The van der Waals surface area contributed by atoms with Gasteiger partial charge >= 0.3 is 0 Å². The number of benzene rings is 2. The topological polar surface area (TPSA) is 56.1 Å². The molecule has 0 bridgehead atoms. The second-order valence-electron chi connectivity index (χ2n) is 6.86. The van der Waals surface area contributed by atoms with Crippen LogP contribution >= 0.6 is 0 Å². The Morgan fingerprint density at radius 2 is 1.93 bits per heavy atom. The smallest absolute Gasteiger partial charge is 0.254 e. The molecule has 4 nitrogen and oxygen atoms in total. The quantitative estimate of drug-likeness (QED) is 0.846. The van der Waals surface area contributed by atoms with Gasteiger partial charge in [-0.2, -0.15) is 5.26 Å². The Morgan fingerprint density at radius 1 is 1.15 bits per heavy atom. The molecular weight excluding hydrogens is 334 g/mol. The highest BCUT2D eigenvalue weighted by atomic mass is 16.2. The number of nitriles is 1. The molecule has 1 fully saturated rings. The molecule has 0 aliphatic carbocycles. The van der Waals surface area contributed by atoms with Gasteiger partial charge in [-0.25, -0.2) is 0 Å². The number of hydrogen-bond donors (Lipinski definition) is 1. The molecule has 27 heavy (non-hydrogen) atoms. The molecule has 2 aromatic carbocycles. The predicted molar refractivity (Wildman–Crippen MR) is 107 cm³/mol. The number of nitrogens with zero attached hydrogens (tertiary/aromatic N) is 2. The molecule has 3 rings (SSSR count). The van der Waals surface area contributed by atoms with Crippen molar-refractivity contribution in [3.8, 4) is 17.9 Å². The Bertz CT molecular complexity index is 940. The van der Waals surface area contributed by atoms with Crippen molar-refractivity contribution in [2.24, 2.45) is 0 Å². The van der Waals surface area contributed by atoms with Crippen molar-refractivity contribution in [2.45, 2.75) is 32.7 Å². The van der Waals surface area contributed by atoms with Crippen molar-refractivity contribution in [2.75, 3.05) is 18.4 Å². The minimum absolute atomic E-state index is 0.0647. The lowest BCUT2D eigenvalue weighted by atomic mass is 10.0. The van der Waals surface area contributed by atoms with E-state index in [9.17, 15) is 4.79 Å². The average molecular weight is 357 g/mol. The van der Waals surface area contributed by atoms with E-state index in [1.54, 1.807) is 12.1 Å². The largest absolute Gasteiger partial charge is 0.372 e. The van der Waals surface area contributed by atoms with Crippen LogP contribution in [0.1, 0.15) is 46.8 Å². The summed E-state index contributed by atoms with van der Waals surface area (Å²) >= 11 is 0. The highest BCUT2D eigenvalue weighted by Gasteiger charge is 2.20. The number of nitrogens with one attached hydrogen (secondary N) is 1. The number of hydrogen-bond acceptors (Lipinski definition) is 3. The fourth-order valence-electron chi connectivity index (χ4n) is 3.23. The monoisotopic (exact) mass is 357 g/mol. The number of anilines is 1. The van der Waals surface area contributed by atoms with E-state index in [0.29, 0.717) is 5.56 Å². The fourth-order valence-corrected chi connectivity index (χ4v) is 3.23. The predicted octanol–water partition coefficient (Wildman–Crippen LogP) is 3.95. The number of likely N-dealkylation sites (tertiary alicyclic amines) is 1. The molecule has 2 aromatic rings. The van der Waals surface area contributed by atoms with Crippen molar-refractivity contribution in [3.05, 3.63) is 64.7 Å². The zero-order valence-electron chi connectivity index (χ0n) is 15.7. The molecule has 1 unspecified atom stereocenters. The van der Waals surface area contributed by atoms with Crippen molar-refractivity contribution < 1.29 is 4.79 Å². The van der Waals surface area contributed by atoms with Crippen molar-refractivity contribution in [3.63, 3.8) is 0 Å². The van der Waals surface area contributed by atoms with Gasteiger partial charge in [0.25, 0.3) is 5.91 Å². The van der Waals surface area contributed by atoms with Crippen molar-refractivity contribution in [1.82, 2.24) is 4.90 Å². The van der Waals surface area contributed by atoms with E-state index in [1.165, 1.54) is 0 Å². The Labute approximate surface area is 160 Å². The first kappa shape index (κ1) is 18.5. The normalized spacial score (nSPS) is 14.0. The second kappa shape index (κ2) is 8.43. The van der Waals surface area contributed by atoms with Gasteiger partial charge in [0, 0.05) is 29.9 Å². The summed E-state index contributed by atoms with van der Waals surface area (Å²) in [7, 11) is 0. The highest BCUT2D eigenvalue weighted by Crippen LogP contribution is 2.17. The molecule has 4 heteroatoms. The van der Waals surface area contributed by atoms with E-state index in [2.05, 4.69) is 23.2 Å². The minimum atomic E-state index is -0.0647. The summed E-state index contributed by atoms with van der Waals surface area (Å²) in [5.41, 5.74) is 4.11. The summed E-state index contributed by atoms with van der Waals surface area (Å²) in [4.78, 5) is 14.5. The third-order valence-electron chi connectivity index (χ3n) is 4.66. The Kier molecular flexibility index (Phi) is 5.79. The standard InChI is InChI=1S/C23H23N3O/c1-17-14-19(10-11-22(17)23(27)26-12-3-4-13-26)9-8-18(2)25-21-7-5-6-20(15-21)16-24/h5-7,10-11,14-15,18,25H,3-4,12-13H2,1-2H3. The Morgan fingerprint density at radius 3 is 2.63 bits per heavy atom. The fraction of sp³-hybridized carbons (Fsp3) is 0.304. The van der Waals surface area contributed by atoms with Gasteiger partial charge in [-0.05, 0) is 68.7 Å². The van der Waals surface area contributed by atoms with Crippen LogP contribution in [0.3, 0.4) is 0 Å². The van der Waals surface area contributed by atoms with Gasteiger partial charge in [-0.15, -0.1) is 0 Å². The zero-order chi connectivity index (χ0) is 19.2. The molecule has 1 atom stereocenters. The van der Waals surface area contributed by atoms with E-state index >= 15 is 0 Å². The number of aryl methyl sites for hydroxylation is 1. The SMILES string of the molecule is Cc1cc(C#CC(C)Nc2cccc(C#N)c2)ccc1C(=O)N1CCCC1. The lowest BCUT2D eigenvalue weighted by molar-refractivity contribution is 0.0792. The van der Waals surface area contributed by atoms with Crippen LogP contribution in [0, 0.1) is 30.1 Å². The van der Waals surface area contributed by atoms with Gasteiger partial charge in [0.15, 0.2) is 0 Å². The van der Waals surface area contributed by atoms with Crippen LogP contribution in [-0.2, 0) is 0 Å². The molecular formula is C23H23N3O. The minimum Gasteiger partial charge on any atom is -0.372 e. The molecule has 0 saturated carbocycles. The molecule has 1 aliphatic heterocycles. The molecule has 0 spiro atoms. The molecule has 1 saturated heterocycles. The third kappa shape index (κ3) is 4.68. The number of carbonyl (C=O) groups is 1. The van der Waals surface area contributed by atoms with Gasteiger partial charge < -0.3 is 10.2 Å². The van der Waals surface area contributed by atoms with Gasteiger partial charge in [0.2, 0.25) is 0 Å². The first-order chi connectivity index (χ1) is 13.1. The zero-order valence-corrected chi connectivity index (χ0v) is 15.7. The number of rotatable bonds is 3. The van der Waals surface area contributed by atoms with Crippen LogP contribution in [0.2, 0.25) is 0 Å². The van der Waals surface area contributed by atoms with Crippen molar-refractivity contribution in [1.29, 1.82) is 5.26 Å². The van der Waals surface area contributed by atoms with Gasteiger partial charge in [-0.3, -0.25) is 4.79 Å². The van der Waals surface area contributed by atoms with Crippen LogP contribution < -0.4 is 5.32 Å². The summed E-state index contributed by atoms with van der Waals surface area (Å²) in [6.45, 7) is 5.65. The van der Waals surface area contributed by atoms with Crippen LogP contribution in [-0.4, -0.2) is 29.9 Å². The Balaban J connectivity index is 1.68. The van der Waals surface area contributed by atoms with Crippen LogP contribution in [0.15, 0.2) is 42.5 Å². The summed E-state index contributed by atoms with van der Waals surface area (Å²) in [6, 6.07) is 15.2. The van der Waals surface area contributed by atoms with Crippen LogP contribution in [0.4, 0.5) is 5.69 Å². The van der Waals surface area contributed by atoms with E-state index in [1.807, 2.05) is 49.1 Å². The second-order valence-corrected chi connectivity index (χ2v) is 6.86. The van der Waals surface area contributed by atoms with E-state index in [4.69, 9.17) is 5.26 Å². The average Bonchev–Trinajstić information content (AvgIpc) is 3.21. The first-order valence-corrected chi connectivity index (χ1v) is 9.25. The van der Waals surface area contributed by atoms with E-state index < -0.39 is 0 Å². The molecule has 1 N–H and O–H groups in total. The Hall–Kier alpha value is -3.24. The number of amides is 1. The maximum atomic E-state index is 12.6. The summed E-state index contributed by atoms with van der Waals surface area (Å²) in [5, 5.41) is 12.3. The molecule has 1 amide bonds. The molecule has 1 aliphatic rings. The summed E-state index contributed by atoms with van der Waals surface area (Å²) < 4.78 is 0. The van der Waals surface area contributed by atoms with Gasteiger partial charge in [-0.1, -0.05) is 17.9 Å². The molecule has 0 radical (unpaired) electrons. The van der Waals surface area contributed by atoms with E-state index in [-0.39, 0.29) is 11.9 Å². The van der Waals surface area contributed by atoms with E-state index in [0.717, 1.165) is 48.3 Å². The lowest BCUT2D eigenvalue weighted by Crippen LogP contribution is -2.28. The van der Waals surface area contributed by atoms with Crippen molar-refractivity contribution >= 4 is 11.6 Å². The van der Waals surface area contributed by atoms with Crippen LogP contribution in [0.25, 0.3) is 0 Å². The highest BCUT2D eigenvalue weighted by molar-refractivity contribution is 5.96. The summed E-state index contributed by atoms with van der Waals surface area (Å²) in [5.74, 6) is 6.47. The van der Waals surface area contributed by atoms with Gasteiger partial charge in [0.1, 0.15) is 0 Å².